The zero-order valence-corrected chi connectivity index (χ0v) is 6.68. The van der Waals surface area contributed by atoms with Crippen molar-refractivity contribution < 1.29 is 15.1 Å². The molecular formula is C7H12N2O3. The molecule has 5 nitrogen and oxygen atoms in total. The molecule has 0 saturated carbocycles. The molecule has 0 aromatic carbocycles. The Labute approximate surface area is 70.3 Å². The minimum Gasteiger partial charge on any atom is -0.465 e. The molecule has 1 fully saturated rings. The molecular weight excluding hydrogens is 160 g/mol. The Morgan fingerprint density at radius 1 is 1.58 bits per heavy atom. The summed E-state index contributed by atoms with van der Waals surface area (Å²) in [7, 11) is 0. The zero-order valence-electron chi connectivity index (χ0n) is 6.68. The van der Waals surface area contributed by atoms with Gasteiger partial charge in [0.05, 0.1) is 12.3 Å². The fourth-order valence-corrected chi connectivity index (χ4v) is 1.43. The second kappa shape index (κ2) is 3.94. The summed E-state index contributed by atoms with van der Waals surface area (Å²) in [5.74, 6) is 0. The molecule has 1 unspecified atom stereocenters. The zero-order chi connectivity index (χ0) is 8.97. The number of carbonyl (C=O) groups is 1. The molecule has 0 aromatic rings. The highest BCUT2D eigenvalue weighted by molar-refractivity contribution is 5.74. The van der Waals surface area contributed by atoms with Gasteiger partial charge in [-0.2, -0.15) is 0 Å². The van der Waals surface area contributed by atoms with E-state index in [1.165, 1.54) is 11.1 Å². The van der Waals surface area contributed by atoms with Gasteiger partial charge in [0, 0.05) is 6.54 Å². The summed E-state index contributed by atoms with van der Waals surface area (Å²) in [6, 6.07) is -0.249. The van der Waals surface area contributed by atoms with Crippen LogP contribution in [0.25, 0.3) is 0 Å². The van der Waals surface area contributed by atoms with Crippen molar-refractivity contribution in [1.82, 2.24) is 4.90 Å². The normalized spacial score (nSPS) is 24.7. The average molecular weight is 172 g/mol. The molecule has 12 heavy (non-hydrogen) atoms. The van der Waals surface area contributed by atoms with Gasteiger partial charge in [0.25, 0.3) is 0 Å². The molecule has 0 radical (unpaired) electrons. The first-order valence-corrected chi connectivity index (χ1v) is 3.93. The summed E-state index contributed by atoms with van der Waals surface area (Å²) in [6.07, 6.45) is 2.95. The van der Waals surface area contributed by atoms with Crippen molar-refractivity contribution in [3.8, 4) is 0 Å². The van der Waals surface area contributed by atoms with E-state index in [1.807, 2.05) is 0 Å². The van der Waals surface area contributed by atoms with Gasteiger partial charge in [-0.1, -0.05) is 5.16 Å². The van der Waals surface area contributed by atoms with Crippen molar-refractivity contribution in [3.63, 3.8) is 0 Å². The van der Waals surface area contributed by atoms with Crippen LogP contribution in [0.1, 0.15) is 19.3 Å². The highest BCUT2D eigenvalue weighted by Crippen LogP contribution is 2.15. The Morgan fingerprint density at radius 2 is 2.33 bits per heavy atom. The van der Waals surface area contributed by atoms with E-state index in [1.54, 1.807) is 0 Å². The number of rotatable bonds is 1. The summed E-state index contributed by atoms with van der Waals surface area (Å²) in [5, 5.41) is 19.8. The number of piperidine rings is 1. The summed E-state index contributed by atoms with van der Waals surface area (Å²) in [6.45, 7) is 0.534. The summed E-state index contributed by atoms with van der Waals surface area (Å²) in [4.78, 5) is 11.9. The molecule has 1 amide bonds. The van der Waals surface area contributed by atoms with Gasteiger partial charge in [0.2, 0.25) is 0 Å². The van der Waals surface area contributed by atoms with Crippen LogP contribution in [-0.4, -0.2) is 40.1 Å². The van der Waals surface area contributed by atoms with Gasteiger partial charge in [0.1, 0.15) is 0 Å². The lowest BCUT2D eigenvalue weighted by Crippen LogP contribution is -2.43. The Morgan fingerprint density at radius 3 is 2.92 bits per heavy atom. The van der Waals surface area contributed by atoms with E-state index >= 15 is 0 Å². The summed E-state index contributed by atoms with van der Waals surface area (Å²) >= 11 is 0. The summed E-state index contributed by atoms with van der Waals surface area (Å²) in [5.41, 5.74) is 0. The third-order valence-electron chi connectivity index (χ3n) is 2.03. The van der Waals surface area contributed by atoms with Crippen LogP contribution in [0, 0.1) is 0 Å². The monoisotopic (exact) mass is 172 g/mol. The lowest BCUT2D eigenvalue weighted by molar-refractivity contribution is 0.124. The third-order valence-corrected chi connectivity index (χ3v) is 2.03. The van der Waals surface area contributed by atoms with E-state index in [-0.39, 0.29) is 6.04 Å². The van der Waals surface area contributed by atoms with Gasteiger partial charge in [-0.3, -0.25) is 0 Å². The first-order valence-electron chi connectivity index (χ1n) is 3.93. The van der Waals surface area contributed by atoms with Crippen LogP contribution in [0.3, 0.4) is 0 Å². The van der Waals surface area contributed by atoms with Crippen LogP contribution in [0.2, 0.25) is 0 Å². The van der Waals surface area contributed by atoms with Crippen LogP contribution in [0.5, 0.6) is 0 Å². The van der Waals surface area contributed by atoms with Crippen molar-refractivity contribution in [2.45, 2.75) is 25.3 Å². The van der Waals surface area contributed by atoms with E-state index < -0.39 is 6.09 Å². The largest absolute Gasteiger partial charge is 0.465 e. The van der Waals surface area contributed by atoms with Crippen LogP contribution < -0.4 is 0 Å². The molecule has 1 heterocycles. The molecule has 0 spiro atoms. The van der Waals surface area contributed by atoms with Gasteiger partial charge in [-0.15, -0.1) is 0 Å². The van der Waals surface area contributed by atoms with Crippen molar-refractivity contribution in [2.75, 3.05) is 6.54 Å². The Bertz CT molecular complexity index is 193. The molecule has 0 aromatic heterocycles. The van der Waals surface area contributed by atoms with Crippen molar-refractivity contribution in [3.05, 3.63) is 0 Å². The predicted octanol–water partition coefficient (Wildman–Crippen LogP) is 0.979. The van der Waals surface area contributed by atoms with Crippen molar-refractivity contribution >= 4 is 12.3 Å². The molecule has 1 aliphatic rings. The van der Waals surface area contributed by atoms with Gasteiger partial charge >= 0.3 is 6.09 Å². The SMILES string of the molecule is O=C(O)N1CCCCC1C=NO. The smallest absolute Gasteiger partial charge is 0.407 e. The number of likely N-dealkylation sites (tertiary alicyclic amines) is 1. The second-order valence-electron chi connectivity index (χ2n) is 2.80. The van der Waals surface area contributed by atoms with Crippen molar-refractivity contribution in [2.24, 2.45) is 5.16 Å². The molecule has 0 aliphatic carbocycles. The average Bonchev–Trinajstić information content (AvgIpc) is 2.05. The third kappa shape index (κ3) is 1.87. The standard InChI is InChI=1S/C7H12N2O3/c10-7(11)9-4-2-1-3-6(9)5-8-12/h5-6,12H,1-4H2,(H,10,11). The number of carboxylic acid groups (broad SMARTS) is 1. The molecule has 68 valence electrons. The minimum absolute atomic E-state index is 0.249. The maximum absolute atomic E-state index is 10.6. The number of hydrogen-bond acceptors (Lipinski definition) is 3. The first-order chi connectivity index (χ1) is 5.75. The van der Waals surface area contributed by atoms with Crippen LogP contribution in [0.15, 0.2) is 5.16 Å². The molecule has 1 atom stereocenters. The molecule has 1 saturated heterocycles. The van der Waals surface area contributed by atoms with E-state index in [9.17, 15) is 4.79 Å². The first kappa shape index (κ1) is 8.83. The van der Waals surface area contributed by atoms with Crippen LogP contribution in [-0.2, 0) is 0 Å². The highest BCUT2D eigenvalue weighted by atomic mass is 16.4. The van der Waals surface area contributed by atoms with E-state index in [2.05, 4.69) is 5.16 Å². The maximum atomic E-state index is 10.6. The number of hydrogen-bond donors (Lipinski definition) is 2. The van der Waals surface area contributed by atoms with Gasteiger partial charge in [-0.05, 0) is 19.3 Å². The van der Waals surface area contributed by atoms with Crippen LogP contribution >= 0.6 is 0 Å². The highest BCUT2D eigenvalue weighted by Gasteiger charge is 2.24. The van der Waals surface area contributed by atoms with Gasteiger partial charge in [0.15, 0.2) is 0 Å². The topological polar surface area (TPSA) is 73.1 Å². The number of oxime groups is 1. The quantitative estimate of drug-likeness (QED) is 0.352. The maximum Gasteiger partial charge on any atom is 0.407 e. The number of nitrogens with zero attached hydrogens (tertiary/aromatic N) is 2. The van der Waals surface area contributed by atoms with Crippen molar-refractivity contribution in [1.29, 1.82) is 0 Å². The lowest BCUT2D eigenvalue weighted by Gasteiger charge is -2.30. The number of amides is 1. The fraction of sp³-hybridized carbons (Fsp3) is 0.714. The van der Waals surface area contributed by atoms with Gasteiger partial charge in [-0.25, -0.2) is 4.79 Å². The summed E-state index contributed by atoms with van der Waals surface area (Å²) < 4.78 is 0. The lowest BCUT2D eigenvalue weighted by atomic mass is 10.0. The molecule has 1 aliphatic heterocycles. The van der Waals surface area contributed by atoms with E-state index in [0.717, 1.165) is 19.3 Å². The molecule has 0 bridgehead atoms. The van der Waals surface area contributed by atoms with E-state index in [4.69, 9.17) is 10.3 Å². The molecule has 2 N–H and O–H groups in total. The fourth-order valence-electron chi connectivity index (χ4n) is 1.43. The van der Waals surface area contributed by atoms with Crippen LogP contribution in [0.4, 0.5) is 4.79 Å². The molecule has 5 heteroatoms. The minimum atomic E-state index is -0.945. The molecule has 1 rings (SSSR count). The van der Waals surface area contributed by atoms with E-state index in [0.29, 0.717) is 6.54 Å². The Hall–Kier alpha value is -1.26. The predicted molar refractivity (Wildman–Crippen MR) is 42.6 cm³/mol. The van der Waals surface area contributed by atoms with Gasteiger partial charge < -0.3 is 15.2 Å². The second-order valence-corrected chi connectivity index (χ2v) is 2.80. The Balaban J connectivity index is 2.60. The Kier molecular flexibility index (Phi) is 2.90.